The van der Waals surface area contributed by atoms with Crippen LogP contribution in [0.5, 0.6) is 11.5 Å². The summed E-state index contributed by atoms with van der Waals surface area (Å²) in [6.45, 7) is 1.61. The minimum Gasteiger partial charge on any atom is -0.457 e. The Labute approximate surface area is 164 Å². The van der Waals surface area contributed by atoms with Gasteiger partial charge in [0.15, 0.2) is 0 Å². The highest BCUT2D eigenvalue weighted by Gasteiger charge is 2.20. The van der Waals surface area contributed by atoms with Crippen LogP contribution in [0, 0.1) is 0 Å². The summed E-state index contributed by atoms with van der Waals surface area (Å²) in [7, 11) is 0. The summed E-state index contributed by atoms with van der Waals surface area (Å²) in [5, 5.41) is 0. The lowest BCUT2D eigenvalue weighted by Gasteiger charge is -2.15. The van der Waals surface area contributed by atoms with Crippen LogP contribution in [0.3, 0.4) is 0 Å². The fraction of sp³-hybridized carbons (Fsp3) is 0.174. The average Bonchev–Trinajstić information content (AvgIpc) is 3.29. The Balaban J connectivity index is 1.42. The number of hydrogen-bond donors (Lipinski definition) is 0. The summed E-state index contributed by atoms with van der Waals surface area (Å²) in [6, 6.07) is 17.0. The molecule has 1 aromatic carbocycles. The Hall–Kier alpha value is -3.47. The first-order valence-electron chi connectivity index (χ1n) is 9.40. The molecule has 0 saturated carbocycles. The first-order valence-corrected chi connectivity index (χ1v) is 9.40. The first kappa shape index (κ1) is 17.9. The molecule has 0 unspecified atom stereocenters. The van der Waals surface area contributed by atoms with Gasteiger partial charge in [0, 0.05) is 31.5 Å². The van der Waals surface area contributed by atoms with Crippen molar-refractivity contribution in [3.63, 3.8) is 0 Å². The molecule has 4 rings (SSSR count). The lowest BCUT2D eigenvalue weighted by Crippen LogP contribution is -2.28. The molecule has 1 aliphatic heterocycles. The van der Waals surface area contributed by atoms with Gasteiger partial charge >= 0.3 is 0 Å². The van der Waals surface area contributed by atoms with Crippen molar-refractivity contribution in [2.75, 3.05) is 13.1 Å². The third-order valence-corrected chi connectivity index (χ3v) is 4.59. The van der Waals surface area contributed by atoms with Crippen molar-refractivity contribution in [2.24, 2.45) is 0 Å². The number of nitrogens with zero attached hydrogens (tertiary/aromatic N) is 3. The molecular formula is C23H21N3O2. The maximum atomic E-state index is 12.5. The highest BCUT2D eigenvalue weighted by atomic mass is 16.5. The predicted octanol–water partition coefficient (Wildman–Crippen LogP) is 4.68. The summed E-state index contributed by atoms with van der Waals surface area (Å²) >= 11 is 0. The van der Waals surface area contributed by atoms with Gasteiger partial charge in [0.05, 0.1) is 5.69 Å². The van der Waals surface area contributed by atoms with E-state index < -0.39 is 0 Å². The zero-order valence-corrected chi connectivity index (χ0v) is 15.5. The number of ether oxygens (including phenoxy) is 1. The molecule has 0 aliphatic carbocycles. The van der Waals surface area contributed by atoms with Crippen molar-refractivity contribution in [1.29, 1.82) is 0 Å². The Morgan fingerprint density at radius 1 is 0.893 bits per heavy atom. The maximum Gasteiger partial charge on any atom is 0.272 e. The summed E-state index contributed by atoms with van der Waals surface area (Å²) < 4.78 is 5.90. The molecule has 0 radical (unpaired) electrons. The molecule has 140 valence electrons. The molecule has 0 N–H and O–H groups in total. The normalized spacial score (nSPS) is 13.8. The molecular weight excluding hydrogens is 350 g/mol. The average molecular weight is 371 g/mol. The number of hydrogen-bond acceptors (Lipinski definition) is 4. The Morgan fingerprint density at radius 3 is 2.46 bits per heavy atom. The molecule has 1 saturated heterocycles. The molecule has 0 atom stereocenters. The van der Waals surface area contributed by atoms with Crippen LogP contribution in [0.1, 0.15) is 34.6 Å². The Bertz CT molecular complexity index is 963. The molecule has 1 amide bonds. The van der Waals surface area contributed by atoms with Crippen LogP contribution in [0.15, 0.2) is 67.0 Å². The minimum atomic E-state index is -0.0297. The fourth-order valence-electron chi connectivity index (χ4n) is 3.11. The van der Waals surface area contributed by atoms with E-state index in [4.69, 9.17) is 4.74 Å². The third-order valence-electron chi connectivity index (χ3n) is 4.59. The number of carbonyl (C=O) groups is 1. The quantitative estimate of drug-likeness (QED) is 0.654. The van der Waals surface area contributed by atoms with Crippen molar-refractivity contribution < 1.29 is 9.53 Å². The molecule has 3 heterocycles. The molecule has 0 spiro atoms. The highest BCUT2D eigenvalue weighted by Crippen LogP contribution is 2.23. The van der Waals surface area contributed by atoms with E-state index in [0.717, 1.165) is 37.2 Å². The van der Waals surface area contributed by atoms with Crippen molar-refractivity contribution in [3.05, 3.63) is 83.9 Å². The van der Waals surface area contributed by atoms with Crippen molar-refractivity contribution in [1.82, 2.24) is 14.9 Å². The smallest absolute Gasteiger partial charge is 0.272 e. The first-order chi connectivity index (χ1) is 13.8. The SMILES string of the molecule is O=C(c1cc(Oc2ccc(/C=C/c3ccccn3)cc2)ccn1)N1CCCC1. The van der Waals surface area contributed by atoms with Crippen LogP contribution in [0.25, 0.3) is 12.2 Å². The minimum absolute atomic E-state index is 0.0297. The number of pyridine rings is 2. The van der Waals surface area contributed by atoms with Crippen LogP contribution < -0.4 is 4.74 Å². The van der Waals surface area contributed by atoms with E-state index in [1.165, 1.54) is 0 Å². The molecule has 0 bridgehead atoms. The summed E-state index contributed by atoms with van der Waals surface area (Å²) in [4.78, 5) is 22.8. The number of amides is 1. The molecule has 1 aliphatic rings. The third kappa shape index (κ3) is 4.43. The zero-order valence-electron chi connectivity index (χ0n) is 15.5. The molecule has 2 aromatic heterocycles. The van der Waals surface area contributed by atoms with Gasteiger partial charge in [-0.25, -0.2) is 0 Å². The molecule has 5 nitrogen and oxygen atoms in total. The van der Waals surface area contributed by atoms with Gasteiger partial charge in [0.2, 0.25) is 0 Å². The number of likely N-dealkylation sites (tertiary alicyclic amines) is 1. The van der Waals surface area contributed by atoms with E-state index >= 15 is 0 Å². The predicted molar refractivity (Wildman–Crippen MR) is 109 cm³/mol. The highest BCUT2D eigenvalue weighted by molar-refractivity contribution is 5.92. The largest absolute Gasteiger partial charge is 0.457 e. The van der Waals surface area contributed by atoms with E-state index in [1.54, 1.807) is 24.5 Å². The van der Waals surface area contributed by atoms with Gasteiger partial charge in [0.25, 0.3) is 5.91 Å². The van der Waals surface area contributed by atoms with Crippen LogP contribution in [0.2, 0.25) is 0 Å². The van der Waals surface area contributed by atoms with Gasteiger partial charge in [-0.15, -0.1) is 0 Å². The second-order valence-corrected chi connectivity index (χ2v) is 6.64. The van der Waals surface area contributed by atoms with Crippen LogP contribution in [-0.2, 0) is 0 Å². The molecule has 28 heavy (non-hydrogen) atoms. The molecule has 3 aromatic rings. The van der Waals surface area contributed by atoms with Gasteiger partial charge in [-0.3, -0.25) is 14.8 Å². The zero-order chi connectivity index (χ0) is 19.2. The summed E-state index contributed by atoms with van der Waals surface area (Å²) in [6.07, 6.45) is 9.48. The standard InChI is InChI=1S/C23H21N3O2/c27-23(26-15-3-4-16-26)22-17-21(12-14-25-22)28-20-10-7-18(8-11-20)6-9-19-5-1-2-13-24-19/h1-2,5-14,17H,3-4,15-16H2/b9-6+. The van der Waals surface area contributed by atoms with Crippen molar-refractivity contribution in [2.45, 2.75) is 12.8 Å². The van der Waals surface area contributed by atoms with Crippen molar-refractivity contribution >= 4 is 18.1 Å². The maximum absolute atomic E-state index is 12.5. The summed E-state index contributed by atoms with van der Waals surface area (Å²) in [5.41, 5.74) is 2.39. The van der Waals surface area contributed by atoms with Crippen LogP contribution in [-0.4, -0.2) is 33.9 Å². The number of rotatable bonds is 5. The second kappa shape index (κ2) is 8.48. The van der Waals surface area contributed by atoms with Crippen LogP contribution >= 0.6 is 0 Å². The van der Waals surface area contributed by atoms with Crippen molar-refractivity contribution in [3.8, 4) is 11.5 Å². The van der Waals surface area contributed by atoms with Gasteiger partial charge in [-0.05, 0) is 54.8 Å². The van der Waals surface area contributed by atoms with E-state index in [9.17, 15) is 4.79 Å². The van der Waals surface area contributed by atoms with E-state index in [0.29, 0.717) is 17.2 Å². The van der Waals surface area contributed by atoms with Gasteiger partial charge in [-0.2, -0.15) is 0 Å². The van der Waals surface area contributed by atoms with Crippen LogP contribution in [0.4, 0.5) is 0 Å². The number of carbonyl (C=O) groups excluding carboxylic acids is 1. The molecule has 1 fully saturated rings. The topological polar surface area (TPSA) is 55.3 Å². The van der Waals surface area contributed by atoms with E-state index in [-0.39, 0.29) is 5.91 Å². The Morgan fingerprint density at radius 2 is 1.71 bits per heavy atom. The van der Waals surface area contributed by atoms with E-state index in [2.05, 4.69) is 9.97 Å². The Kier molecular flexibility index (Phi) is 5.43. The molecule has 5 heteroatoms. The van der Waals surface area contributed by atoms with Gasteiger partial charge in [-0.1, -0.05) is 24.3 Å². The summed E-state index contributed by atoms with van der Waals surface area (Å²) in [5.74, 6) is 1.29. The monoisotopic (exact) mass is 371 g/mol. The van der Waals surface area contributed by atoms with Gasteiger partial charge < -0.3 is 9.64 Å². The second-order valence-electron chi connectivity index (χ2n) is 6.64. The number of aromatic nitrogens is 2. The lowest BCUT2D eigenvalue weighted by atomic mass is 10.2. The lowest BCUT2D eigenvalue weighted by molar-refractivity contribution is 0.0786. The van der Waals surface area contributed by atoms with E-state index in [1.807, 2.05) is 59.5 Å². The number of benzene rings is 1. The fourth-order valence-corrected chi connectivity index (χ4v) is 3.11. The van der Waals surface area contributed by atoms with Gasteiger partial charge in [0.1, 0.15) is 17.2 Å².